The van der Waals surface area contributed by atoms with Crippen LogP contribution in [0.15, 0.2) is 77.7 Å². The summed E-state index contributed by atoms with van der Waals surface area (Å²) in [5, 5.41) is 10.0. The number of likely N-dealkylation sites (N-methyl/N-ethyl adjacent to an activating group) is 1. The molecule has 9 heteroatoms. The lowest BCUT2D eigenvalue weighted by Gasteiger charge is -2.35. The SMILES string of the molecule is COc1ccccc1S(=O)(=O)N(C)C[C@@H]1OCc2ccccc2-c2ccccc2C(=O)N([C@H](C)CO)C[C@H]1C. The fourth-order valence-electron chi connectivity index (χ4n) is 4.90. The van der Waals surface area contributed by atoms with E-state index < -0.39 is 22.2 Å². The van der Waals surface area contributed by atoms with Gasteiger partial charge in [0.15, 0.2) is 0 Å². The van der Waals surface area contributed by atoms with E-state index in [0.29, 0.717) is 5.56 Å². The average molecular weight is 553 g/mol. The Morgan fingerprint density at radius 1 is 1.03 bits per heavy atom. The maximum absolute atomic E-state index is 13.9. The first-order chi connectivity index (χ1) is 18.7. The molecule has 0 radical (unpaired) electrons. The molecule has 0 saturated carbocycles. The van der Waals surface area contributed by atoms with Gasteiger partial charge >= 0.3 is 0 Å². The van der Waals surface area contributed by atoms with Crippen molar-refractivity contribution in [3.8, 4) is 16.9 Å². The lowest BCUT2D eigenvalue weighted by atomic mass is 9.94. The van der Waals surface area contributed by atoms with Crippen molar-refractivity contribution in [2.45, 2.75) is 37.5 Å². The van der Waals surface area contributed by atoms with Gasteiger partial charge in [-0.05, 0) is 41.8 Å². The molecule has 0 aliphatic carbocycles. The van der Waals surface area contributed by atoms with Gasteiger partial charge in [-0.3, -0.25) is 4.79 Å². The number of ether oxygens (including phenoxy) is 2. The topological polar surface area (TPSA) is 96.4 Å². The van der Waals surface area contributed by atoms with Crippen molar-refractivity contribution < 1.29 is 27.8 Å². The number of para-hydroxylation sites is 1. The second kappa shape index (κ2) is 12.3. The lowest BCUT2D eigenvalue weighted by molar-refractivity contribution is -0.0146. The molecule has 1 N–H and O–H groups in total. The molecule has 8 nitrogen and oxygen atoms in total. The van der Waals surface area contributed by atoms with Crippen LogP contribution >= 0.6 is 0 Å². The number of carbonyl (C=O) groups is 1. The minimum Gasteiger partial charge on any atom is -0.495 e. The minimum absolute atomic E-state index is 0.0617. The number of fused-ring (bicyclic) bond motifs is 3. The van der Waals surface area contributed by atoms with Crippen LogP contribution in [0.1, 0.15) is 29.8 Å². The Balaban J connectivity index is 1.74. The van der Waals surface area contributed by atoms with Crippen molar-refractivity contribution in [2.24, 2.45) is 5.92 Å². The smallest absolute Gasteiger partial charge is 0.254 e. The van der Waals surface area contributed by atoms with Gasteiger partial charge in [-0.1, -0.05) is 61.5 Å². The van der Waals surface area contributed by atoms with Crippen LogP contribution in [0.2, 0.25) is 0 Å². The second-order valence-corrected chi connectivity index (χ2v) is 12.0. The average Bonchev–Trinajstić information content (AvgIpc) is 2.98. The molecule has 1 aliphatic rings. The maximum Gasteiger partial charge on any atom is 0.254 e. The molecule has 4 rings (SSSR count). The zero-order chi connectivity index (χ0) is 28.2. The highest BCUT2D eigenvalue weighted by atomic mass is 32.2. The van der Waals surface area contributed by atoms with Gasteiger partial charge in [-0.2, -0.15) is 4.31 Å². The van der Waals surface area contributed by atoms with Crippen molar-refractivity contribution in [2.75, 3.05) is 33.9 Å². The van der Waals surface area contributed by atoms with Crippen molar-refractivity contribution in [3.63, 3.8) is 0 Å². The maximum atomic E-state index is 13.9. The molecule has 3 aromatic rings. The number of nitrogens with zero attached hydrogens (tertiary/aromatic N) is 2. The third-order valence-corrected chi connectivity index (χ3v) is 9.15. The van der Waals surface area contributed by atoms with Gasteiger partial charge in [0.2, 0.25) is 10.0 Å². The summed E-state index contributed by atoms with van der Waals surface area (Å²) in [6.45, 7) is 4.12. The summed E-state index contributed by atoms with van der Waals surface area (Å²) in [4.78, 5) is 15.7. The van der Waals surface area contributed by atoms with Crippen molar-refractivity contribution in [3.05, 3.63) is 83.9 Å². The highest BCUT2D eigenvalue weighted by Crippen LogP contribution is 2.32. The Kier molecular flexibility index (Phi) is 9.07. The third kappa shape index (κ3) is 6.01. The molecule has 0 fully saturated rings. The molecule has 3 aromatic carbocycles. The van der Waals surface area contributed by atoms with E-state index in [4.69, 9.17) is 9.47 Å². The number of hydrogen-bond acceptors (Lipinski definition) is 6. The normalized spacial score (nSPS) is 19.1. The van der Waals surface area contributed by atoms with E-state index in [-0.39, 0.29) is 48.8 Å². The van der Waals surface area contributed by atoms with Crippen LogP contribution in [0.25, 0.3) is 11.1 Å². The predicted molar refractivity (Wildman–Crippen MR) is 150 cm³/mol. The quantitative estimate of drug-likeness (QED) is 0.475. The molecule has 1 heterocycles. The molecule has 1 amide bonds. The number of amides is 1. The highest BCUT2D eigenvalue weighted by Gasteiger charge is 2.33. The van der Waals surface area contributed by atoms with Crippen LogP contribution in [0, 0.1) is 5.92 Å². The first-order valence-electron chi connectivity index (χ1n) is 13.0. The van der Waals surface area contributed by atoms with E-state index in [9.17, 15) is 18.3 Å². The summed E-state index contributed by atoms with van der Waals surface area (Å²) in [6.07, 6.45) is -0.546. The molecule has 208 valence electrons. The van der Waals surface area contributed by atoms with Crippen LogP contribution < -0.4 is 4.74 Å². The molecular weight excluding hydrogens is 516 g/mol. The summed E-state index contributed by atoms with van der Waals surface area (Å²) in [5.41, 5.74) is 3.11. The number of hydrogen-bond donors (Lipinski definition) is 1. The van der Waals surface area contributed by atoms with Crippen LogP contribution in [-0.4, -0.2) is 74.6 Å². The highest BCUT2D eigenvalue weighted by molar-refractivity contribution is 7.89. The van der Waals surface area contributed by atoms with Gasteiger partial charge in [0.05, 0.1) is 32.5 Å². The second-order valence-electron chi connectivity index (χ2n) is 9.95. The Labute approximate surface area is 230 Å². The molecule has 0 saturated heterocycles. The Bertz CT molecular complexity index is 1410. The molecule has 0 bridgehead atoms. The van der Waals surface area contributed by atoms with E-state index in [0.717, 1.165) is 16.7 Å². The molecule has 0 aromatic heterocycles. The summed E-state index contributed by atoms with van der Waals surface area (Å²) >= 11 is 0. The van der Waals surface area contributed by atoms with Crippen LogP contribution in [0.3, 0.4) is 0 Å². The van der Waals surface area contributed by atoms with E-state index in [2.05, 4.69) is 0 Å². The van der Waals surface area contributed by atoms with Gasteiger partial charge in [-0.25, -0.2) is 8.42 Å². The van der Waals surface area contributed by atoms with Gasteiger partial charge in [0.1, 0.15) is 10.6 Å². The van der Waals surface area contributed by atoms with Crippen molar-refractivity contribution in [1.29, 1.82) is 0 Å². The van der Waals surface area contributed by atoms with E-state index in [1.807, 2.05) is 49.4 Å². The first-order valence-corrected chi connectivity index (χ1v) is 14.4. The van der Waals surface area contributed by atoms with E-state index in [1.54, 1.807) is 36.1 Å². The molecule has 39 heavy (non-hydrogen) atoms. The molecule has 0 unspecified atom stereocenters. The minimum atomic E-state index is -3.89. The van der Waals surface area contributed by atoms with Gasteiger partial charge in [0.25, 0.3) is 5.91 Å². The molecular formula is C30H36N2O6S. The molecule has 1 aliphatic heterocycles. The van der Waals surface area contributed by atoms with E-state index >= 15 is 0 Å². The monoisotopic (exact) mass is 552 g/mol. The van der Waals surface area contributed by atoms with Crippen LogP contribution in [0.4, 0.5) is 0 Å². The Hall–Kier alpha value is -3.24. The standard InChI is InChI=1S/C30H36N2O6S/c1-21-17-32(22(2)19-33)30(34)26-14-8-7-13-25(26)24-12-6-5-11-23(24)20-38-28(21)18-31(3)39(35,36)29-16-10-9-15-27(29)37-4/h5-16,21-22,28,33H,17-20H2,1-4H3/t21-,22-,28+/m1/s1. The summed E-state index contributed by atoms with van der Waals surface area (Å²) in [6, 6.07) is 21.3. The summed E-state index contributed by atoms with van der Waals surface area (Å²) in [7, 11) is -0.933. The molecule has 3 atom stereocenters. The van der Waals surface area contributed by atoms with Gasteiger partial charge in [0, 0.05) is 31.6 Å². The fraction of sp³-hybridized carbons (Fsp3) is 0.367. The number of rotatable bonds is 7. The number of sulfonamides is 1. The lowest BCUT2D eigenvalue weighted by Crippen LogP contribution is -2.47. The number of benzene rings is 3. The fourth-order valence-corrected chi connectivity index (χ4v) is 6.24. The Morgan fingerprint density at radius 3 is 2.33 bits per heavy atom. The summed E-state index contributed by atoms with van der Waals surface area (Å²) in [5.74, 6) is -0.180. The number of carbonyl (C=O) groups excluding carboxylic acids is 1. The van der Waals surface area contributed by atoms with Gasteiger partial charge in [-0.15, -0.1) is 0 Å². The van der Waals surface area contributed by atoms with Crippen LogP contribution in [-0.2, 0) is 21.4 Å². The van der Waals surface area contributed by atoms with Crippen LogP contribution in [0.5, 0.6) is 5.75 Å². The van der Waals surface area contributed by atoms with Gasteiger partial charge < -0.3 is 19.5 Å². The third-order valence-electron chi connectivity index (χ3n) is 7.29. The van der Waals surface area contributed by atoms with Crippen molar-refractivity contribution >= 4 is 15.9 Å². The predicted octanol–water partition coefficient (Wildman–Crippen LogP) is 4.04. The first kappa shape index (κ1) is 28.8. The van der Waals surface area contributed by atoms with E-state index in [1.165, 1.54) is 24.5 Å². The zero-order valence-electron chi connectivity index (χ0n) is 22.8. The Morgan fingerprint density at radius 2 is 1.64 bits per heavy atom. The number of methoxy groups -OCH3 is 1. The summed E-state index contributed by atoms with van der Waals surface area (Å²) < 4.78 is 40.1. The zero-order valence-corrected chi connectivity index (χ0v) is 23.6. The largest absolute Gasteiger partial charge is 0.495 e. The van der Waals surface area contributed by atoms with Crippen molar-refractivity contribution in [1.82, 2.24) is 9.21 Å². The molecule has 0 spiro atoms. The number of aliphatic hydroxyl groups excluding tert-OH is 1. The number of aliphatic hydroxyl groups is 1.